The lowest BCUT2D eigenvalue weighted by Crippen LogP contribution is -2.39. The fraction of sp³-hybridized carbons (Fsp3) is 0.538. The van der Waals surface area contributed by atoms with Gasteiger partial charge in [0.2, 0.25) is 0 Å². The average Bonchev–Trinajstić information content (AvgIpc) is 2.31. The van der Waals surface area contributed by atoms with Crippen LogP contribution in [0.5, 0.6) is 0 Å². The predicted molar refractivity (Wildman–Crippen MR) is 66.6 cm³/mol. The highest BCUT2D eigenvalue weighted by molar-refractivity contribution is 6.30. The van der Waals surface area contributed by atoms with Crippen LogP contribution in [-0.2, 0) is 5.60 Å². The van der Waals surface area contributed by atoms with Gasteiger partial charge in [-0.25, -0.2) is 0 Å². The Morgan fingerprint density at radius 3 is 2.38 bits per heavy atom. The van der Waals surface area contributed by atoms with Crippen LogP contribution in [0.4, 0.5) is 0 Å². The zero-order chi connectivity index (χ0) is 11.6. The average molecular weight is 240 g/mol. The van der Waals surface area contributed by atoms with Gasteiger partial charge in [0.1, 0.15) is 0 Å². The molecule has 1 aliphatic heterocycles. The number of nitrogens with one attached hydrogen (secondary N) is 1. The SMILES string of the molecule is CC(O)(c1ccc(Cl)cc1)C1CCNCC1. The molecule has 2 N–H and O–H groups in total. The quantitative estimate of drug-likeness (QED) is 0.832. The number of benzene rings is 1. The predicted octanol–water partition coefficient (Wildman–Crippen LogP) is 2.55. The van der Waals surface area contributed by atoms with Crippen molar-refractivity contribution in [2.75, 3.05) is 13.1 Å². The number of hydrogen-bond acceptors (Lipinski definition) is 2. The van der Waals surface area contributed by atoms with E-state index in [4.69, 9.17) is 11.6 Å². The van der Waals surface area contributed by atoms with E-state index in [1.807, 2.05) is 31.2 Å². The molecule has 1 aromatic carbocycles. The molecule has 0 aliphatic carbocycles. The summed E-state index contributed by atoms with van der Waals surface area (Å²) in [4.78, 5) is 0. The molecule has 0 amide bonds. The summed E-state index contributed by atoms with van der Waals surface area (Å²) >= 11 is 5.86. The Kier molecular flexibility index (Phi) is 3.53. The van der Waals surface area contributed by atoms with Crippen LogP contribution >= 0.6 is 11.6 Å². The van der Waals surface area contributed by atoms with Gasteiger partial charge in [0.25, 0.3) is 0 Å². The lowest BCUT2D eigenvalue weighted by atomic mass is 9.78. The van der Waals surface area contributed by atoms with E-state index >= 15 is 0 Å². The van der Waals surface area contributed by atoms with Crippen LogP contribution in [0.2, 0.25) is 5.02 Å². The van der Waals surface area contributed by atoms with Crippen molar-refractivity contribution in [1.82, 2.24) is 5.32 Å². The maximum atomic E-state index is 10.6. The number of piperidine rings is 1. The first-order valence-corrected chi connectivity index (χ1v) is 6.17. The standard InChI is InChI=1S/C13H18ClNO/c1-13(16,11-6-8-15-9-7-11)10-2-4-12(14)5-3-10/h2-5,11,15-16H,6-9H2,1H3. The zero-order valence-electron chi connectivity index (χ0n) is 9.54. The highest BCUT2D eigenvalue weighted by Gasteiger charge is 2.34. The Morgan fingerprint density at radius 2 is 1.81 bits per heavy atom. The summed E-state index contributed by atoms with van der Waals surface area (Å²) < 4.78 is 0. The first-order chi connectivity index (χ1) is 7.60. The smallest absolute Gasteiger partial charge is 0.0897 e. The molecule has 0 aromatic heterocycles. The van der Waals surface area contributed by atoms with Gasteiger partial charge < -0.3 is 10.4 Å². The Balaban J connectivity index is 2.19. The molecule has 2 rings (SSSR count). The number of aliphatic hydroxyl groups is 1. The minimum Gasteiger partial charge on any atom is -0.385 e. The van der Waals surface area contributed by atoms with E-state index in [1.165, 1.54) is 0 Å². The second-order valence-electron chi connectivity index (χ2n) is 4.68. The van der Waals surface area contributed by atoms with E-state index in [0.29, 0.717) is 10.9 Å². The Morgan fingerprint density at radius 1 is 1.25 bits per heavy atom. The van der Waals surface area contributed by atoms with E-state index in [-0.39, 0.29) is 0 Å². The molecule has 1 aliphatic rings. The summed E-state index contributed by atoms with van der Waals surface area (Å²) in [6, 6.07) is 7.52. The molecule has 1 heterocycles. The van der Waals surface area contributed by atoms with Gasteiger partial charge in [0.15, 0.2) is 0 Å². The summed E-state index contributed by atoms with van der Waals surface area (Å²) in [5.74, 6) is 0.329. The Bertz CT molecular complexity index is 341. The topological polar surface area (TPSA) is 32.3 Å². The van der Waals surface area contributed by atoms with Gasteiger partial charge in [-0.05, 0) is 56.5 Å². The van der Waals surface area contributed by atoms with Crippen LogP contribution in [0.25, 0.3) is 0 Å². The zero-order valence-corrected chi connectivity index (χ0v) is 10.3. The third-order valence-corrected chi connectivity index (χ3v) is 3.81. The maximum Gasteiger partial charge on any atom is 0.0897 e. The molecule has 88 valence electrons. The van der Waals surface area contributed by atoms with Crippen LogP contribution in [0.1, 0.15) is 25.3 Å². The highest BCUT2D eigenvalue weighted by Crippen LogP contribution is 2.35. The third-order valence-electron chi connectivity index (χ3n) is 3.56. The summed E-state index contributed by atoms with van der Waals surface area (Å²) in [6.45, 7) is 3.90. The molecule has 1 saturated heterocycles. The van der Waals surface area contributed by atoms with Crippen LogP contribution in [0.3, 0.4) is 0 Å². The molecule has 1 atom stereocenters. The Labute approximate surface area is 102 Å². The van der Waals surface area contributed by atoms with Gasteiger partial charge in [-0.1, -0.05) is 23.7 Å². The van der Waals surface area contributed by atoms with E-state index in [0.717, 1.165) is 31.5 Å². The molecule has 1 unspecified atom stereocenters. The molecular formula is C13H18ClNO. The number of rotatable bonds is 2. The van der Waals surface area contributed by atoms with E-state index in [1.54, 1.807) is 0 Å². The lowest BCUT2D eigenvalue weighted by molar-refractivity contribution is -0.0186. The molecule has 1 aromatic rings. The molecule has 2 nitrogen and oxygen atoms in total. The molecule has 16 heavy (non-hydrogen) atoms. The molecule has 0 spiro atoms. The van der Waals surface area contributed by atoms with Gasteiger partial charge in [-0.15, -0.1) is 0 Å². The first kappa shape index (κ1) is 11.9. The third kappa shape index (κ3) is 2.40. The molecule has 1 fully saturated rings. The van der Waals surface area contributed by atoms with E-state index < -0.39 is 5.60 Å². The van der Waals surface area contributed by atoms with Crippen LogP contribution in [0, 0.1) is 5.92 Å². The minimum absolute atomic E-state index is 0.329. The van der Waals surface area contributed by atoms with Crippen molar-refractivity contribution in [3.63, 3.8) is 0 Å². The maximum absolute atomic E-state index is 10.6. The normalized spacial score (nSPS) is 21.7. The second kappa shape index (κ2) is 4.74. The van der Waals surface area contributed by atoms with Crippen molar-refractivity contribution in [1.29, 1.82) is 0 Å². The minimum atomic E-state index is -0.743. The van der Waals surface area contributed by atoms with Crippen LogP contribution < -0.4 is 5.32 Å². The van der Waals surface area contributed by atoms with Crippen LogP contribution in [0.15, 0.2) is 24.3 Å². The molecule has 0 bridgehead atoms. The summed E-state index contributed by atoms with van der Waals surface area (Å²) in [5.41, 5.74) is 0.218. The van der Waals surface area contributed by atoms with Crippen molar-refractivity contribution in [3.8, 4) is 0 Å². The Hall–Kier alpha value is -0.570. The van der Waals surface area contributed by atoms with Crippen molar-refractivity contribution >= 4 is 11.6 Å². The van der Waals surface area contributed by atoms with Crippen LogP contribution in [-0.4, -0.2) is 18.2 Å². The summed E-state index contributed by atoms with van der Waals surface area (Å²) in [7, 11) is 0. The molecule has 3 heteroatoms. The fourth-order valence-corrected chi connectivity index (χ4v) is 2.53. The fourth-order valence-electron chi connectivity index (χ4n) is 2.41. The molecular weight excluding hydrogens is 222 g/mol. The van der Waals surface area contributed by atoms with Crippen molar-refractivity contribution in [2.45, 2.75) is 25.4 Å². The van der Waals surface area contributed by atoms with E-state index in [9.17, 15) is 5.11 Å². The monoisotopic (exact) mass is 239 g/mol. The second-order valence-corrected chi connectivity index (χ2v) is 5.12. The van der Waals surface area contributed by atoms with Gasteiger partial charge in [0, 0.05) is 5.02 Å². The lowest BCUT2D eigenvalue weighted by Gasteiger charge is -2.36. The molecule has 0 saturated carbocycles. The van der Waals surface area contributed by atoms with Gasteiger partial charge in [-0.3, -0.25) is 0 Å². The highest BCUT2D eigenvalue weighted by atomic mass is 35.5. The summed E-state index contributed by atoms with van der Waals surface area (Å²) in [6.07, 6.45) is 2.05. The van der Waals surface area contributed by atoms with Crippen molar-refractivity contribution in [3.05, 3.63) is 34.9 Å². The van der Waals surface area contributed by atoms with Gasteiger partial charge in [0.05, 0.1) is 5.60 Å². The van der Waals surface area contributed by atoms with Gasteiger partial charge >= 0.3 is 0 Å². The van der Waals surface area contributed by atoms with E-state index in [2.05, 4.69) is 5.32 Å². The number of hydrogen-bond donors (Lipinski definition) is 2. The summed E-state index contributed by atoms with van der Waals surface area (Å²) in [5, 5.41) is 14.7. The van der Waals surface area contributed by atoms with Gasteiger partial charge in [-0.2, -0.15) is 0 Å². The van der Waals surface area contributed by atoms with Crippen molar-refractivity contribution in [2.24, 2.45) is 5.92 Å². The largest absolute Gasteiger partial charge is 0.385 e. The number of halogens is 1. The first-order valence-electron chi connectivity index (χ1n) is 5.80. The van der Waals surface area contributed by atoms with Crippen molar-refractivity contribution < 1.29 is 5.11 Å². The molecule has 0 radical (unpaired) electrons.